The van der Waals surface area contributed by atoms with Gasteiger partial charge in [-0.3, -0.25) is 4.79 Å². The Morgan fingerprint density at radius 3 is 2.88 bits per heavy atom. The minimum absolute atomic E-state index is 0.138. The molecule has 4 heteroatoms. The van der Waals surface area contributed by atoms with E-state index in [2.05, 4.69) is 11.2 Å². The van der Waals surface area contributed by atoms with E-state index in [1.165, 1.54) is 0 Å². The van der Waals surface area contributed by atoms with E-state index in [1.54, 1.807) is 24.3 Å². The van der Waals surface area contributed by atoms with Crippen LogP contribution in [-0.2, 0) is 11.4 Å². The van der Waals surface area contributed by atoms with Crippen molar-refractivity contribution in [3.63, 3.8) is 0 Å². The van der Waals surface area contributed by atoms with Gasteiger partial charge in [-0.2, -0.15) is 0 Å². The Hall–Kier alpha value is -1.83. The van der Waals surface area contributed by atoms with Gasteiger partial charge in [0, 0.05) is 17.7 Å². The zero-order valence-corrected chi connectivity index (χ0v) is 8.81. The zero-order valence-electron chi connectivity index (χ0n) is 8.81. The molecule has 0 fully saturated rings. The Bertz CT molecular complexity index is 410. The van der Waals surface area contributed by atoms with Gasteiger partial charge in [-0.15, -0.1) is 12.3 Å². The third-order valence-corrected chi connectivity index (χ3v) is 2.12. The average molecular weight is 218 g/mol. The van der Waals surface area contributed by atoms with E-state index in [4.69, 9.17) is 17.3 Å². The van der Waals surface area contributed by atoms with Gasteiger partial charge >= 0.3 is 0 Å². The van der Waals surface area contributed by atoms with E-state index in [0.29, 0.717) is 11.3 Å². The molecule has 0 aliphatic rings. The molecule has 0 aromatic heterocycles. The lowest BCUT2D eigenvalue weighted by atomic mass is 10.1. The minimum Gasteiger partial charge on any atom is -0.392 e. The second-order valence-corrected chi connectivity index (χ2v) is 3.32. The van der Waals surface area contributed by atoms with Crippen molar-refractivity contribution < 1.29 is 9.90 Å². The summed E-state index contributed by atoms with van der Waals surface area (Å²) in [5.74, 6) is 1.98. The van der Waals surface area contributed by atoms with Gasteiger partial charge in [0.25, 0.3) is 0 Å². The predicted octanol–water partition coefficient (Wildman–Crippen LogP) is 0.468. The maximum absolute atomic E-state index is 11.6. The number of para-hydroxylation sites is 1. The minimum atomic E-state index is -0.725. The van der Waals surface area contributed by atoms with Crippen molar-refractivity contribution >= 4 is 11.6 Å². The van der Waals surface area contributed by atoms with E-state index in [1.807, 2.05) is 0 Å². The van der Waals surface area contributed by atoms with Crippen LogP contribution in [0.25, 0.3) is 0 Å². The third-order valence-electron chi connectivity index (χ3n) is 2.12. The van der Waals surface area contributed by atoms with Crippen molar-refractivity contribution in [2.24, 2.45) is 5.73 Å². The van der Waals surface area contributed by atoms with Gasteiger partial charge in [0.2, 0.25) is 5.91 Å². The molecule has 1 rings (SSSR count). The maximum Gasteiger partial charge on any atom is 0.242 e. The molecule has 1 atom stereocenters. The van der Waals surface area contributed by atoms with Crippen LogP contribution in [0.5, 0.6) is 0 Å². The topological polar surface area (TPSA) is 75.4 Å². The number of rotatable bonds is 4. The standard InChI is InChI=1S/C12H14N2O2/c1-2-5-10(13)12(16)14-11-7-4-3-6-9(11)8-15/h1,3-4,6-7,10,15H,5,8,13H2,(H,14,16). The Labute approximate surface area is 94.5 Å². The molecule has 1 aromatic rings. The molecule has 84 valence electrons. The molecule has 0 saturated carbocycles. The van der Waals surface area contributed by atoms with Crippen LogP contribution in [-0.4, -0.2) is 17.1 Å². The van der Waals surface area contributed by atoms with Crippen molar-refractivity contribution in [2.75, 3.05) is 5.32 Å². The molecule has 4 N–H and O–H groups in total. The molecular weight excluding hydrogens is 204 g/mol. The molecule has 0 aliphatic carbocycles. The quantitative estimate of drug-likeness (QED) is 0.643. The largest absolute Gasteiger partial charge is 0.392 e. The van der Waals surface area contributed by atoms with Gasteiger partial charge in [0.1, 0.15) is 0 Å². The van der Waals surface area contributed by atoms with Crippen LogP contribution >= 0.6 is 0 Å². The lowest BCUT2D eigenvalue weighted by molar-refractivity contribution is -0.117. The molecule has 0 aliphatic heterocycles. The summed E-state index contributed by atoms with van der Waals surface area (Å²) < 4.78 is 0. The first kappa shape index (κ1) is 12.2. The van der Waals surface area contributed by atoms with Crippen molar-refractivity contribution in [3.8, 4) is 12.3 Å². The number of aliphatic hydroxyl groups excluding tert-OH is 1. The van der Waals surface area contributed by atoms with Gasteiger partial charge in [-0.25, -0.2) is 0 Å². The molecule has 1 amide bonds. The molecule has 1 unspecified atom stereocenters. The predicted molar refractivity (Wildman–Crippen MR) is 62.4 cm³/mol. The Balaban J connectivity index is 2.73. The van der Waals surface area contributed by atoms with Crippen molar-refractivity contribution in [1.82, 2.24) is 0 Å². The van der Waals surface area contributed by atoms with E-state index in [9.17, 15) is 4.79 Å². The van der Waals surface area contributed by atoms with Crippen LogP contribution in [0, 0.1) is 12.3 Å². The highest BCUT2D eigenvalue weighted by Gasteiger charge is 2.13. The summed E-state index contributed by atoms with van der Waals surface area (Å²) >= 11 is 0. The second-order valence-electron chi connectivity index (χ2n) is 3.32. The highest BCUT2D eigenvalue weighted by atomic mass is 16.3. The van der Waals surface area contributed by atoms with Crippen LogP contribution in [0.2, 0.25) is 0 Å². The Morgan fingerprint density at radius 2 is 2.25 bits per heavy atom. The molecule has 0 heterocycles. The third kappa shape index (κ3) is 3.09. The van der Waals surface area contributed by atoms with E-state index < -0.39 is 6.04 Å². The average Bonchev–Trinajstić information content (AvgIpc) is 2.30. The van der Waals surface area contributed by atoms with Crippen molar-refractivity contribution in [1.29, 1.82) is 0 Å². The number of benzene rings is 1. The monoisotopic (exact) mass is 218 g/mol. The number of aliphatic hydroxyl groups is 1. The van der Waals surface area contributed by atoms with Crippen molar-refractivity contribution in [2.45, 2.75) is 19.1 Å². The fourth-order valence-electron chi connectivity index (χ4n) is 1.23. The summed E-state index contributed by atoms with van der Waals surface area (Å²) in [6.07, 6.45) is 5.25. The number of nitrogens with two attached hydrogens (primary N) is 1. The molecule has 1 aromatic carbocycles. The van der Waals surface area contributed by atoms with E-state index >= 15 is 0 Å². The van der Waals surface area contributed by atoms with Crippen LogP contribution in [0.15, 0.2) is 24.3 Å². The van der Waals surface area contributed by atoms with Crippen LogP contribution in [0.4, 0.5) is 5.69 Å². The molecule has 0 radical (unpaired) electrons. The van der Waals surface area contributed by atoms with Crippen LogP contribution < -0.4 is 11.1 Å². The number of carbonyl (C=O) groups is 1. The summed E-state index contributed by atoms with van der Waals surface area (Å²) in [6, 6.07) is 6.25. The number of nitrogens with one attached hydrogen (secondary N) is 1. The van der Waals surface area contributed by atoms with Gasteiger partial charge in [0.05, 0.1) is 12.6 Å². The number of amides is 1. The Kier molecular flexibility index (Phi) is 4.52. The normalized spacial score (nSPS) is 11.6. The number of hydrogen-bond donors (Lipinski definition) is 3. The SMILES string of the molecule is C#CCC(N)C(=O)Nc1ccccc1CO. The summed E-state index contributed by atoms with van der Waals surface area (Å²) in [7, 11) is 0. The smallest absolute Gasteiger partial charge is 0.242 e. The second kappa shape index (κ2) is 5.91. The Morgan fingerprint density at radius 1 is 1.56 bits per heavy atom. The lowest BCUT2D eigenvalue weighted by Crippen LogP contribution is -2.35. The van der Waals surface area contributed by atoms with E-state index in [0.717, 1.165) is 0 Å². The van der Waals surface area contributed by atoms with Crippen LogP contribution in [0.3, 0.4) is 0 Å². The van der Waals surface area contributed by atoms with Crippen molar-refractivity contribution in [3.05, 3.63) is 29.8 Å². The first-order valence-corrected chi connectivity index (χ1v) is 4.87. The number of hydrogen-bond acceptors (Lipinski definition) is 3. The summed E-state index contributed by atoms with van der Waals surface area (Å²) in [5, 5.41) is 11.7. The first-order valence-electron chi connectivity index (χ1n) is 4.87. The fraction of sp³-hybridized carbons (Fsp3) is 0.250. The zero-order chi connectivity index (χ0) is 12.0. The number of carbonyl (C=O) groups excluding carboxylic acids is 1. The first-order chi connectivity index (χ1) is 7.69. The molecular formula is C12H14N2O2. The summed E-state index contributed by atoms with van der Waals surface area (Å²) in [6.45, 7) is -0.138. The van der Waals surface area contributed by atoms with Crippen LogP contribution in [0.1, 0.15) is 12.0 Å². The lowest BCUT2D eigenvalue weighted by Gasteiger charge is -2.12. The molecule has 0 spiro atoms. The molecule has 0 bridgehead atoms. The summed E-state index contributed by atoms with van der Waals surface area (Å²) in [5.41, 5.74) is 6.75. The highest BCUT2D eigenvalue weighted by Crippen LogP contribution is 2.14. The maximum atomic E-state index is 11.6. The molecule has 4 nitrogen and oxygen atoms in total. The van der Waals surface area contributed by atoms with Gasteiger partial charge in [-0.1, -0.05) is 18.2 Å². The highest BCUT2D eigenvalue weighted by molar-refractivity contribution is 5.95. The molecule has 0 saturated heterocycles. The fourth-order valence-corrected chi connectivity index (χ4v) is 1.23. The number of terminal acetylenes is 1. The van der Waals surface area contributed by atoms with Gasteiger partial charge in [0.15, 0.2) is 0 Å². The number of anilines is 1. The molecule has 16 heavy (non-hydrogen) atoms. The van der Waals surface area contributed by atoms with Gasteiger partial charge in [-0.05, 0) is 6.07 Å². The van der Waals surface area contributed by atoms with Gasteiger partial charge < -0.3 is 16.2 Å². The summed E-state index contributed by atoms with van der Waals surface area (Å²) in [4.78, 5) is 11.6. The van der Waals surface area contributed by atoms with E-state index in [-0.39, 0.29) is 18.9 Å².